The highest BCUT2D eigenvalue weighted by molar-refractivity contribution is 7.09. The zero-order chi connectivity index (χ0) is 39.7. The number of hydrogen-bond donors (Lipinski definition) is 7. The summed E-state index contributed by atoms with van der Waals surface area (Å²) >= 11 is 1.62. The summed E-state index contributed by atoms with van der Waals surface area (Å²) in [6, 6.07) is -0.794. The van der Waals surface area contributed by atoms with Gasteiger partial charge in [0, 0.05) is 55.8 Å². The summed E-state index contributed by atoms with van der Waals surface area (Å²) in [4.78, 5) is 21.9. The Morgan fingerprint density at radius 3 is 2.36 bits per heavy atom. The molecule has 2 saturated heterocycles. The number of esters is 1. The maximum absolute atomic E-state index is 13.6. The molecule has 2 aliphatic heterocycles. The van der Waals surface area contributed by atoms with Gasteiger partial charge in [-0.1, -0.05) is 20.8 Å². The van der Waals surface area contributed by atoms with Gasteiger partial charge in [0.1, 0.15) is 28.9 Å². The van der Waals surface area contributed by atoms with Gasteiger partial charge in [0.2, 0.25) is 0 Å². The van der Waals surface area contributed by atoms with E-state index in [4.69, 9.17) is 14.2 Å². The number of aliphatic hydroxyl groups excluding tert-OH is 3. The summed E-state index contributed by atoms with van der Waals surface area (Å²) in [5.74, 6) is -2.75. The van der Waals surface area contributed by atoms with Gasteiger partial charge in [-0.15, -0.1) is 11.3 Å². The second kappa shape index (κ2) is 20.7. The Morgan fingerprint density at radius 1 is 1.06 bits per heavy atom. The van der Waals surface area contributed by atoms with E-state index in [1.54, 1.807) is 45.2 Å². The van der Waals surface area contributed by atoms with Gasteiger partial charge < -0.3 is 55.3 Å². The topological polar surface area (TPSA) is 189 Å². The number of nitrogens with one attached hydrogen (secondary N) is 2. The van der Waals surface area contributed by atoms with Crippen LogP contribution >= 0.6 is 11.3 Å². The van der Waals surface area contributed by atoms with Crippen molar-refractivity contribution in [1.29, 1.82) is 0 Å². The van der Waals surface area contributed by atoms with Crippen LogP contribution in [0, 0.1) is 17.8 Å². The molecule has 15 heteroatoms. The molecule has 3 heterocycles. The Kier molecular flexibility index (Phi) is 18.0. The molecule has 0 saturated carbocycles. The number of aliphatic hydroxyl groups is 5. The standard InChI is InChI=1S/C38H71N5O9S/c1-11-29-38(8,49)33(46)27(6)43(17-12-13-39-14-15-40-21-30-41-16-18-53-30)22-23(2)20-37(7,48)34(25(4)31(44)26(5)35(47)51-29)52-36-32(45)28(42(9)10)19-24(3)50-36/h16,18,23-29,31-34,36,39-40,44-46,48-49H,11-15,17,19-22H2,1-10H3/t23-,24+,25-,26+,27+,28-,29+,31-,32-,33-,34+,36-,37?,38+/m0/s1. The molecule has 0 bridgehead atoms. The summed E-state index contributed by atoms with van der Waals surface area (Å²) < 4.78 is 18.5. The molecular formula is C38H71N5O9S. The Hall–Kier alpha value is -1.34. The van der Waals surface area contributed by atoms with Gasteiger partial charge >= 0.3 is 5.97 Å². The van der Waals surface area contributed by atoms with E-state index in [0.29, 0.717) is 19.5 Å². The monoisotopic (exact) mass is 773 g/mol. The number of carbonyl (C=O) groups excluding carboxylic acids is 1. The summed E-state index contributed by atoms with van der Waals surface area (Å²) in [6.45, 7) is 18.1. The predicted octanol–water partition coefficient (Wildman–Crippen LogP) is 1.57. The van der Waals surface area contributed by atoms with Crippen molar-refractivity contribution < 1.29 is 44.5 Å². The molecule has 14 atom stereocenters. The number of carbonyl (C=O) groups is 1. The first-order chi connectivity index (χ1) is 24.8. The van der Waals surface area contributed by atoms with E-state index in [9.17, 15) is 30.3 Å². The third kappa shape index (κ3) is 12.6. The molecule has 0 amide bonds. The molecule has 7 N–H and O–H groups in total. The van der Waals surface area contributed by atoms with Crippen LogP contribution in [0.3, 0.4) is 0 Å². The van der Waals surface area contributed by atoms with Crippen LogP contribution in [0.15, 0.2) is 11.6 Å². The lowest BCUT2D eigenvalue weighted by Gasteiger charge is -2.46. The van der Waals surface area contributed by atoms with Crippen LogP contribution in [0.2, 0.25) is 0 Å². The zero-order valence-corrected chi connectivity index (χ0v) is 34.6. The van der Waals surface area contributed by atoms with Crippen LogP contribution in [0.1, 0.15) is 86.1 Å². The van der Waals surface area contributed by atoms with Gasteiger partial charge in [0.15, 0.2) is 6.29 Å². The molecule has 0 radical (unpaired) electrons. The predicted molar refractivity (Wildman–Crippen MR) is 205 cm³/mol. The van der Waals surface area contributed by atoms with Crippen LogP contribution in [0.25, 0.3) is 0 Å². The molecule has 0 aliphatic carbocycles. The zero-order valence-electron chi connectivity index (χ0n) is 33.8. The van der Waals surface area contributed by atoms with Gasteiger partial charge in [-0.05, 0) is 93.4 Å². The van der Waals surface area contributed by atoms with E-state index < -0.39 is 71.9 Å². The van der Waals surface area contributed by atoms with Crippen LogP contribution < -0.4 is 10.6 Å². The SMILES string of the molecule is CC[C@H]1OC(=O)[C@H](C)[C@@H](O)[C@H](C)[C@@H](O[C@@H]2O[C@H](C)C[C@H](N(C)C)[C@@H]2O)C(C)(O)C[C@H](C)CN(CCCNCCNCc2nccs2)[C@H](C)[C@H](O)[C@]1(C)O. The van der Waals surface area contributed by atoms with E-state index >= 15 is 0 Å². The first-order valence-corrected chi connectivity index (χ1v) is 20.4. The molecule has 14 nitrogen and oxygen atoms in total. The van der Waals surface area contributed by atoms with Crippen LogP contribution in [0.5, 0.6) is 0 Å². The van der Waals surface area contributed by atoms with E-state index in [1.807, 2.05) is 45.1 Å². The Morgan fingerprint density at radius 2 is 1.74 bits per heavy atom. The van der Waals surface area contributed by atoms with E-state index in [0.717, 1.165) is 37.6 Å². The molecule has 0 spiro atoms. The second-order valence-electron chi connectivity index (χ2n) is 16.4. The Bertz CT molecular complexity index is 1210. The van der Waals surface area contributed by atoms with Gasteiger partial charge in [0.05, 0.1) is 29.8 Å². The molecule has 2 aliphatic rings. The maximum Gasteiger partial charge on any atom is 0.311 e. The van der Waals surface area contributed by atoms with E-state index in [1.165, 1.54) is 6.92 Å². The molecule has 0 aromatic carbocycles. The number of hydrogen-bond acceptors (Lipinski definition) is 15. The average molecular weight is 774 g/mol. The quantitative estimate of drug-likeness (QED) is 0.113. The number of thiazole rings is 1. The maximum atomic E-state index is 13.6. The Labute approximate surface area is 321 Å². The minimum Gasteiger partial charge on any atom is -0.459 e. The van der Waals surface area contributed by atoms with Crippen LogP contribution in [-0.2, 0) is 25.5 Å². The van der Waals surface area contributed by atoms with Crippen molar-refractivity contribution in [2.24, 2.45) is 17.8 Å². The lowest BCUT2D eigenvalue weighted by atomic mass is 9.78. The largest absolute Gasteiger partial charge is 0.459 e. The van der Waals surface area contributed by atoms with Crippen molar-refractivity contribution in [2.75, 3.05) is 46.8 Å². The molecule has 53 heavy (non-hydrogen) atoms. The first kappa shape index (κ1) is 46.0. The normalized spacial score (nSPS) is 40.1. The van der Waals surface area contributed by atoms with Crippen molar-refractivity contribution in [3.63, 3.8) is 0 Å². The minimum atomic E-state index is -1.80. The fraction of sp³-hybridized carbons (Fsp3) is 0.895. The van der Waals surface area contributed by atoms with Crippen molar-refractivity contribution >= 4 is 17.3 Å². The lowest BCUT2D eigenvalue weighted by molar-refractivity contribution is -0.299. The number of aromatic nitrogens is 1. The third-order valence-corrected chi connectivity index (χ3v) is 12.1. The summed E-state index contributed by atoms with van der Waals surface area (Å²) in [7, 11) is 3.77. The second-order valence-corrected chi connectivity index (χ2v) is 17.4. The van der Waals surface area contributed by atoms with E-state index in [-0.39, 0.29) is 30.9 Å². The fourth-order valence-corrected chi connectivity index (χ4v) is 8.73. The molecule has 1 aromatic rings. The van der Waals surface area contributed by atoms with Gasteiger partial charge in [-0.3, -0.25) is 9.69 Å². The van der Waals surface area contributed by atoms with Crippen molar-refractivity contribution in [3.05, 3.63) is 16.6 Å². The highest BCUT2D eigenvalue weighted by atomic mass is 32.1. The van der Waals surface area contributed by atoms with Gasteiger partial charge in [-0.2, -0.15) is 0 Å². The summed E-state index contributed by atoms with van der Waals surface area (Å²) in [6.07, 6.45) is -3.42. The van der Waals surface area contributed by atoms with Crippen LogP contribution in [0.4, 0.5) is 0 Å². The molecule has 1 unspecified atom stereocenters. The van der Waals surface area contributed by atoms with Crippen molar-refractivity contribution in [1.82, 2.24) is 25.4 Å². The van der Waals surface area contributed by atoms with Gasteiger partial charge in [-0.25, -0.2) is 4.98 Å². The third-order valence-electron chi connectivity index (χ3n) is 11.3. The highest BCUT2D eigenvalue weighted by Crippen LogP contribution is 2.36. The number of nitrogens with zero attached hydrogens (tertiary/aromatic N) is 3. The van der Waals surface area contributed by atoms with E-state index in [2.05, 4.69) is 20.5 Å². The van der Waals surface area contributed by atoms with Crippen LogP contribution in [-0.4, -0.2) is 159 Å². The van der Waals surface area contributed by atoms with Gasteiger partial charge in [0.25, 0.3) is 0 Å². The smallest absolute Gasteiger partial charge is 0.311 e. The average Bonchev–Trinajstić information content (AvgIpc) is 3.62. The molecule has 2 fully saturated rings. The Balaban J connectivity index is 1.86. The molecule has 1 aromatic heterocycles. The number of rotatable bonds is 13. The summed E-state index contributed by atoms with van der Waals surface area (Å²) in [5.41, 5.74) is -3.34. The number of ether oxygens (including phenoxy) is 3. The lowest BCUT2D eigenvalue weighted by Crippen LogP contribution is -2.59. The number of cyclic esters (lactones) is 1. The molecule has 3 rings (SSSR count). The summed E-state index contributed by atoms with van der Waals surface area (Å²) in [5, 5.41) is 68.6. The first-order valence-electron chi connectivity index (χ1n) is 19.5. The minimum absolute atomic E-state index is 0.142. The molecular weight excluding hydrogens is 703 g/mol. The number of likely N-dealkylation sites (N-methyl/N-ethyl adjacent to an activating group) is 1. The highest BCUT2D eigenvalue weighted by Gasteiger charge is 2.50. The van der Waals surface area contributed by atoms with Crippen molar-refractivity contribution in [3.8, 4) is 0 Å². The fourth-order valence-electron chi connectivity index (χ4n) is 8.14. The molecule has 308 valence electrons. The van der Waals surface area contributed by atoms with Crippen molar-refractivity contribution in [2.45, 2.75) is 154 Å².